The van der Waals surface area contributed by atoms with E-state index in [1.807, 2.05) is 5.32 Å². The molecular formula is C20H20N6O4. The minimum Gasteiger partial charge on any atom is -0.494 e. The highest BCUT2D eigenvalue weighted by Crippen LogP contribution is 2.38. The number of anilines is 3. The van der Waals surface area contributed by atoms with Gasteiger partial charge in [-0.25, -0.2) is 4.98 Å². The molecule has 0 saturated heterocycles. The predicted octanol–water partition coefficient (Wildman–Crippen LogP) is 2.59. The van der Waals surface area contributed by atoms with E-state index in [0.29, 0.717) is 22.7 Å². The topological polar surface area (TPSA) is 131 Å². The summed E-state index contributed by atoms with van der Waals surface area (Å²) in [5.74, 6) is -0.710. The Morgan fingerprint density at radius 2 is 2.13 bits per heavy atom. The summed E-state index contributed by atoms with van der Waals surface area (Å²) in [6.07, 6.45) is 4.34. The van der Waals surface area contributed by atoms with E-state index in [2.05, 4.69) is 25.8 Å². The van der Waals surface area contributed by atoms with Gasteiger partial charge in [-0.1, -0.05) is 6.07 Å². The van der Waals surface area contributed by atoms with Gasteiger partial charge in [0.1, 0.15) is 12.0 Å². The standard InChI is InChI=1S/C20H20N6O4/c1-21-20(28)17-14(8-16(25-26-17)24-19(27)11-6-7-11)23-13-5-3-4-12(18(13)29-2)15-9-30-10-22-15/h3-5,8-11H,6-7H2,1-2H3,(H,21,28)(H2,23,24,25,27)/i1D3. The van der Waals surface area contributed by atoms with Gasteiger partial charge < -0.3 is 25.1 Å². The fraction of sp³-hybridized carbons (Fsp3) is 0.250. The minimum absolute atomic E-state index is 0.0685. The van der Waals surface area contributed by atoms with Gasteiger partial charge in [-0.3, -0.25) is 9.59 Å². The molecule has 30 heavy (non-hydrogen) atoms. The van der Waals surface area contributed by atoms with Gasteiger partial charge in [-0.05, 0) is 25.0 Å². The maximum Gasteiger partial charge on any atom is 0.273 e. The number of carbonyl (C=O) groups is 2. The fourth-order valence-electron chi connectivity index (χ4n) is 2.90. The van der Waals surface area contributed by atoms with Crippen molar-refractivity contribution in [2.75, 3.05) is 24.7 Å². The van der Waals surface area contributed by atoms with Crippen molar-refractivity contribution < 1.29 is 22.9 Å². The summed E-state index contributed by atoms with van der Waals surface area (Å²) < 4.78 is 32.5. The third-order valence-electron chi connectivity index (χ3n) is 4.52. The zero-order valence-electron chi connectivity index (χ0n) is 18.9. The molecule has 0 bridgehead atoms. The molecule has 1 saturated carbocycles. The van der Waals surface area contributed by atoms with Crippen LogP contribution in [0, 0.1) is 5.92 Å². The van der Waals surface area contributed by atoms with Gasteiger partial charge in [-0.2, -0.15) is 0 Å². The van der Waals surface area contributed by atoms with Crippen LogP contribution in [0.1, 0.15) is 27.4 Å². The molecule has 154 valence electrons. The van der Waals surface area contributed by atoms with E-state index in [0.717, 1.165) is 12.8 Å². The summed E-state index contributed by atoms with van der Waals surface area (Å²) in [7, 11) is 1.47. The second kappa shape index (κ2) is 8.19. The zero-order chi connectivity index (χ0) is 23.6. The maximum absolute atomic E-state index is 12.6. The first-order chi connectivity index (χ1) is 15.7. The largest absolute Gasteiger partial charge is 0.494 e. The number of hydrogen-bond donors (Lipinski definition) is 3. The molecule has 1 aliphatic rings. The summed E-state index contributed by atoms with van der Waals surface area (Å²) >= 11 is 0. The molecule has 1 fully saturated rings. The lowest BCUT2D eigenvalue weighted by atomic mass is 10.1. The summed E-state index contributed by atoms with van der Waals surface area (Å²) in [4.78, 5) is 28.8. The first kappa shape index (κ1) is 15.9. The summed E-state index contributed by atoms with van der Waals surface area (Å²) in [5, 5.41) is 15.3. The Kier molecular flexibility index (Phi) is 4.35. The van der Waals surface area contributed by atoms with Gasteiger partial charge in [0, 0.05) is 28.6 Å². The molecule has 0 atom stereocenters. The smallest absolute Gasteiger partial charge is 0.273 e. The van der Waals surface area contributed by atoms with Crippen LogP contribution in [-0.2, 0) is 4.79 Å². The van der Waals surface area contributed by atoms with Crippen LogP contribution < -0.4 is 20.7 Å². The Balaban J connectivity index is 1.72. The number of benzene rings is 1. The van der Waals surface area contributed by atoms with Crippen molar-refractivity contribution in [2.24, 2.45) is 5.92 Å². The van der Waals surface area contributed by atoms with Crippen molar-refractivity contribution in [3.8, 4) is 17.0 Å². The highest BCUT2D eigenvalue weighted by molar-refractivity contribution is 6.00. The molecule has 1 aromatic carbocycles. The lowest BCUT2D eigenvalue weighted by Crippen LogP contribution is -2.22. The average Bonchev–Trinajstić information content (AvgIpc) is 3.47. The first-order valence-corrected chi connectivity index (χ1v) is 9.09. The highest BCUT2D eigenvalue weighted by Gasteiger charge is 2.30. The molecule has 2 heterocycles. The minimum atomic E-state index is -2.72. The normalized spacial score (nSPS) is 14.8. The number of ether oxygens (including phenoxy) is 1. The Hall–Kier alpha value is -3.95. The van der Waals surface area contributed by atoms with Crippen molar-refractivity contribution in [1.29, 1.82) is 0 Å². The average molecular weight is 411 g/mol. The number of para-hydroxylation sites is 1. The van der Waals surface area contributed by atoms with Gasteiger partial charge in [0.2, 0.25) is 5.91 Å². The molecule has 0 spiro atoms. The summed E-state index contributed by atoms with van der Waals surface area (Å²) in [6, 6.07) is 6.61. The number of rotatable bonds is 7. The van der Waals surface area contributed by atoms with Crippen LogP contribution in [-0.4, -0.2) is 41.1 Å². The number of hydrogen-bond acceptors (Lipinski definition) is 8. The molecule has 3 aromatic rings. The highest BCUT2D eigenvalue weighted by atomic mass is 16.5. The Bertz CT molecular complexity index is 1180. The van der Waals surface area contributed by atoms with Crippen LogP contribution in [0.4, 0.5) is 17.2 Å². The van der Waals surface area contributed by atoms with Crippen molar-refractivity contribution in [1.82, 2.24) is 20.5 Å². The molecule has 0 radical (unpaired) electrons. The Morgan fingerprint density at radius 3 is 2.83 bits per heavy atom. The molecular weight excluding hydrogens is 388 g/mol. The first-order valence-electron chi connectivity index (χ1n) is 10.6. The number of oxazole rings is 1. The van der Waals surface area contributed by atoms with Crippen LogP contribution in [0.25, 0.3) is 11.3 Å². The van der Waals surface area contributed by atoms with E-state index in [-0.39, 0.29) is 29.0 Å². The van der Waals surface area contributed by atoms with Crippen molar-refractivity contribution in [2.45, 2.75) is 12.8 Å². The predicted molar refractivity (Wildman–Crippen MR) is 109 cm³/mol. The lowest BCUT2D eigenvalue weighted by molar-refractivity contribution is -0.117. The maximum atomic E-state index is 12.6. The Morgan fingerprint density at radius 1 is 1.27 bits per heavy atom. The van der Waals surface area contributed by atoms with Crippen molar-refractivity contribution >= 4 is 29.0 Å². The quantitative estimate of drug-likeness (QED) is 0.541. The third-order valence-corrected chi connectivity index (χ3v) is 4.52. The molecule has 1 aliphatic carbocycles. The van der Waals surface area contributed by atoms with E-state index in [9.17, 15) is 9.59 Å². The molecule has 0 unspecified atom stereocenters. The Labute approximate surface area is 176 Å². The van der Waals surface area contributed by atoms with Crippen LogP contribution in [0.15, 0.2) is 41.3 Å². The number of carbonyl (C=O) groups excluding carboxylic acids is 2. The fourth-order valence-corrected chi connectivity index (χ4v) is 2.90. The van der Waals surface area contributed by atoms with Gasteiger partial charge in [-0.15, -0.1) is 10.2 Å². The van der Waals surface area contributed by atoms with E-state index < -0.39 is 12.9 Å². The molecule has 10 nitrogen and oxygen atoms in total. The second-order valence-electron chi connectivity index (χ2n) is 6.59. The molecule has 2 aromatic heterocycles. The zero-order valence-corrected chi connectivity index (χ0v) is 15.9. The number of amides is 2. The molecule has 4 rings (SSSR count). The number of methoxy groups -OCH3 is 1. The van der Waals surface area contributed by atoms with E-state index >= 15 is 0 Å². The number of nitrogens with zero attached hydrogens (tertiary/aromatic N) is 3. The van der Waals surface area contributed by atoms with E-state index in [4.69, 9.17) is 13.3 Å². The van der Waals surface area contributed by atoms with Gasteiger partial charge in [0.15, 0.2) is 23.7 Å². The molecule has 0 aliphatic heterocycles. The van der Waals surface area contributed by atoms with Crippen LogP contribution in [0.2, 0.25) is 0 Å². The van der Waals surface area contributed by atoms with Crippen molar-refractivity contribution in [3.63, 3.8) is 0 Å². The number of aromatic nitrogens is 3. The molecule has 2 amide bonds. The third kappa shape index (κ3) is 3.93. The van der Waals surface area contributed by atoms with Gasteiger partial charge in [0.05, 0.1) is 18.5 Å². The van der Waals surface area contributed by atoms with Gasteiger partial charge >= 0.3 is 0 Å². The SMILES string of the molecule is [2H]C([2H])([2H])NC(=O)c1nnc(NC(=O)C2CC2)cc1Nc1cccc(-c2cocn2)c1OC. The molecule has 3 N–H and O–H groups in total. The summed E-state index contributed by atoms with van der Waals surface area (Å²) in [5.41, 5.74) is 1.43. The summed E-state index contributed by atoms with van der Waals surface area (Å²) in [6.45, 7) is -2.72. The number of nitrogens with one attached hydrogen (secondary N) is 3. The van der Waals surface area contributed by atoms with Crippen LogP contribution >= 0.6 is 0 Å². The lowest BCUT2D eigenvalue weighted by Gasteiger charge is -2.16. The van der Waals surface area contributed by atoms with E-state index in [1.54, 1.807) is 18.2 Å². The monoisotopic (exact) mass is 411 g/mol. The van der Waals surface area contributed by atoms with Crippen LogP contribution in [0.3, 0.4) is 0 Å². The second-order valence-corrected chi connectivity index (χ2v) is 6.59. The van der Waals surface area contributed by atoms with Gasteiger partial charge in [0.25, 0.3) is 5.91 Å². The van der Waals surface area contributed by atoms with E-state index in [1.165, 1.54) is 25.8 Å². The molecule has 10 heteroatoms. The van der Waals surface area contributed by atoms with Crippen molar-refractivity contribution in [3.05, 3.63) is 42.6 Å². The van der Waals surface area contributed by atoms with Crippen LogP contribution in [0.5, 0.6) is 5.75 Å².